The summed E-state index contributed by atoms with van der Waals surface area (Å²) in [6.07, 6.45) is 1.48. The van der Waals surface area contributed by atoms with Crippen molar-refractivity contribution in [3.8, 4) is 5.69 Å². The number of hydrogen-bond donors (Lipinski definition) is 1. The molecule has 0 unspecified atom stereocenters. The van der Waals surface area contributed by atoms with Gasteiger partial charge in [0.1, 0.15) is 0 Å². The lowest BCUT2D eigenvalue weighted by Gasteiger charge is -2.10. The summed E-state index contributed by atoms with van der Waals surface area (Å²) >= 11 is 11.9. The monoisotopic (exact) mass is 385 g/mol. The lowest BCUT2D eigenvalue weighted by molar-refractivity contribution is 0.0955. The second-order valence-electron chi connectivity index (χ2n) is 5.86. The highest BCUT2D eigenvalue weighted by atomic mass is 35.5. The second kappa shape index (κ2) is 7.77. The summed E-state index contributed by atoms with van der Waals surface area (Å²) in [6.45, 7) is 4.09. The molecule has 3 aromatic rings. The minimum atomic E-state index is -0.293. The van der Waals surface area contributed by atoms with Crippen LogP contribution in [-0.2, 0) is 0 Å². The van der Waals surface area contributed by atoms with Gasteiger partial charge in [0, 0.05) is 33.2 Å². The number of halogens is 2. The smallest absolute Gasteiger partial charge is 0.271 e. The van der Waals surface area contributed by atoms with Gasteiger partial charge >= 0.3 is 0 Å². The molecule has 0 spiro atoms. The Morgan fingerprint density at radius 1 is 1.00 bits per heavy atom. The molecule has 6 heteroatoms. The third kappa shape index (κ3) is 3.98. The molecule has 4 nitrogen and oxygen atoms in total. The SMILES string of the molecule is Cc1ccc(C)n1-c1ccc(C(=O)N/N=C/c2ccc(Cl)cc2Cl)cc1. The second-order valence-corrected chi connectivity index (χ2v) is 6.71. The number of aryl methyl sites for hydroxylation is 2. The first kappa shape index (κ1) is 18.2. The number of rotatable bonds is 4. The summed E-state index contributed by atoms with van der Waals surface area (Å²) in [5.74, 6) is -0.293. The van der Waals surface area contributed by atoms with Crippen molar-refractivity contribution in [1.82, 2.24) is 9.99 Å². The highest BCUT2D eigenvalue weighted by Gasteiger charge is 2.07. The molecule has 0 saturated carbocycles. The fraction of sp³-hybridized carbons (Fsp3) is 0.100. The molecular weight excluding hydrogens is 369 g/mol. The Labute approximate surface area is 162 Å². The first-order chi connectivity index (χ1) is 12.5. The Hall–Kier alpha value is -2.56. The summed E-state index contributed by atoms with van der Waals surface area (Å²) in [6, 6.07) is 16.6. The molecule has 0 bridgehead atoms. The zero-order chi connectivity index (χ0) is 18.7. The van der Waals surface area contributed by atoms with E-state index in [1.54, 1.807) is 30.3 Å². The number of hydrogen-bond acceptors (Lipinski definition) is 2. The number of amides is 1. The largest absolute Gasteiger partial charge is 0.319 e. The fourth-order valence-corrected chi connectivity index (χ4v) is 3.13. The van der Waals surface area contributed by atoms with E-state index in [9.17, 15) is 4.79 Å². The van der Waals surface area contributed by atoms with Gasteiger partial charge in [-0.1, -0.05) is 29.3 Å². The quantitative estimate of drug-likeness (QED) is 0.488. The molecule has 0 saturated heterocycles. The van der Waals surface area contributed by atoms with Crippen LogP contribution < -0.4 is 5.43 Å². The van der Waals surface area contributed by atoms with Crippen molar-refractivity contribution in [3.63, 3.8) is 0 Å². The van der Waals surface area contributed by atoms with E-state index < -0.39 is 0 Å². The van der Waals surface area contributed by atoms with E-state index >= 15 is 0 Å². The molecule has 132 valence electrons. The lowest BCUT2D eigenvalue weighted by Crippen LogP contribution is -2.17. The van der Waals surface area contributed by atoms with Crippen molar-refractivity contribution in [1.29, 1.82) is 0 Å². The zero-order valence-electron chi connectivity index (χ0n) is 14.3. The number of nitrogens with one attached hydrogen (secondary N) is 1. The summed E-state index contributed by atoms with van der Waals surface area (Å²) in [5, 5.41) is 4.97. The van der Waals surface area contributed by atoms with Gasteiger partial charge in [0.2, 0.25) is 0 Å². The summed E-state index contributed by atoms with van der Waals surface area (Å²) < 4.78 is 2.13. The Morgan fingerprint density at radius 3 is 2.27 bits per heavy atom. The molecule has 0 fully saturated rings. The van der Waals surface area contributed by atoms with Crippen molar-refractivity contribution in [2.24, 2.45) is 5.10 Å². The number of aromatic nitrogens is 1. The van der Waals surface area contributed by atoms with Crippen LogP contribution in [0.2, 0.25) is 10.0 Å². The van der Waals surface area contributed by atoms with Crippen LogP contribution in [0.1, 0.15) is 27.3 Å². The molecule has 1 aromatic heterocycles. The molecule has 1 N–H and O–H groups in total. The van der Waals surface area contributed by atoms with E-state index in [0.29, 0.717) is 21.2 Å². The molecule has 0 aliphatic rings. The summed E-state index contributed by atoms with van der Waals surface area (Å²) in [7, 11) is 0. The third-order valence-corrected chi connectivity index (χ3v) is 4.55. The van der Waals surface area contributed by atoms with E-state index in [1.165, 1.54) is 6.21 Å². The minimum absolute atomic E-state index is 0.293. The van der Waals surface area contributed by atoms with Crippen molar-refractivity contribution < 1.29 is 4.79 Å². The van der Waals surface area contributed by atoms with E-state index in [1.807, 2.05) is 26.0 Å². The Bertz CT molecular complexity index is 956. The van der Waals surface area contributed by atoms with Crippen LogP contribution in [0.4, 0.5) is 0 Å². The normalized spacial score (nSPS) is 11.1. The number of hydrazone groups is 1. The molecule has 0 radical (unpaired) electrons. The molecule has 0 aliphatic carbocycles. The van der Waals surface area contributed by atoms with Crippen molar-refractivity contribution in [2.45, 2.75) is 13.8 Å². The molecule has 0 aliphatic heterocycles. The molecule has 26 heavy (non-hydrogen) atoms. The van der Waals surface area contributed by atoms with Crippen molar-refractivity contribution in [3.05, 3.63) is 87.2 Å². The fourth-order valence-electron chi connectivity index (χ4n) is 2.67. The molecule has 2 aromatic carbocycles. The zero-order valence-corrected chi connectivity index (χ0v) is 15.8. The number of nitrogens with zero attached hydrogens (tertiary/aromatic N) is 2. The maximum absolute atomic E-state index is 12.2. The van der Waals surface area contributed by atoms with Crippen molar-refractivity contribution >= 4 is 35.3 Å². The van der Waals surface area contributed by atoms with Crippen LogP contribution >= 0.6 is 23.2 Å². The predicted molar refractivity (Wildman–Crippen MR) is 107 cm³/mol. The van der Waals surface area contributed by atoms with Crippen LogP contribution in [0.3, 0.4) is 0 Å². The Balaban J connectivity index is 1.69. The van der Waals surface area contributed by atoms with Crippen LogP contribution in [0, 0.1) is 13.8 Å². The van der Waals surface area contributed by atoms with E-state index in [-0.39, 0.29) is 5.91 Å². The van der Waals surface area contributed by atoms with Gasteiger partial charge in [-0.3, -0.25) is 4.79 Å². The maximum Gasteiger partial charge on any atom is 0.271 e. The highest BCUT2D eigenvalue weighted by molar-refractivity contribution is 6.36. The summed E-state index contributed by atoms with van der Waals surface area (Å²) in [5.41, 5.74) is 6.99. The van der Waals surface area contributed by atoms with Gasteiger partial charge in [0.15, 0.2) is 0 Å². The third-order valence-electron chi connectivity index (χ3n) is 3.99. The maximum atomic E-state index is 12.2. The predicted octanol–water partition coefficient (Wildman–Crippen LogP) is 5.16. The standard InChI is InChI=1S/C20H17Cl2N3O/c1-13-3-4-14(2)25(13)18-9-6-15(7-10-18)20(26)24-23-12-16-5-8-17(21)11-19(16)22/h3-12H,1-2H3,(H,24,26)/b23-12+. The number of benzene rings is 2. The average Bonchev–Trinajstić information content (AvgIpc) is 2.95. The van der Waals surface area contributed by atoms with Crippen LogP contribution in [0.25, 0.3) is 5.69 Å². The first-order valence-corrected chi connectivity index (χ1v) is 8.75. The lowest BCUT2D eigenvalue weighted by atomic mass is 10.2. The van der Waals surface area contributed by atoms with Crippen LogP contribution in [0.15, 0.2) is 59.7 Å². The minimum Gasteiger partial charge on any atom is -0.319 e. The summed E-state index contributed by atoms with van der Waals surface area (Å²) in [4.78, 5) is 12.2. The van der Waals surface area contributed by atoms with Crippen LogP contribution in [-0.4, -0.2) is 16.7 Å². The first-order valence-electron chi connectivity index (χ1n) is 7.99. The molecule has 0 atom stereocenters. The topological polar surface area (TPSA) is 46.4 Å². The molecule has 1 amide bonds. The van der Waals surface area contributed by atoms with Gasteiger partial charge in [-0.15, -0.1) is 0 Å². The molecule has 1 heterocycles. The van der Waals surface area contributed by atoms with Gasteiger partial charge in [0.05, 0.1) is 11.2 Å². The van der Waals surface area contributed by atoms with Gasteiger partial charge in [0.25, 0.3) is 5.91 Å². The average molecular weight is 386 g/mol. The molecule has 3 rings (SSSR count). The van der Waals surface area contributed by atoms with Crippen molar-refractivity contribution in [2.75, 3.05) is 0 Å². The molecular formula is C20H17Cl2N3O. The van der Waals surface area contributed by atoms with Crippen LogP contribution in [0.5, 0.6) is 0 Å². The Morgan fingerprint density at radius 2 is 1.65 bits per heavy atom. The highest BCUT2D eigenvalue weighted by Crippen LogP contribution is 2.19. The van der Waals surface area contributed by atoms with E-state index in [2.05, 4.69) is 27.2 Å². The van der Waals surface area contributed by atoms with Gasteiger partial charge in [-0.05, 0) is 62.4 Å². The Kier molecular flexibility index (Phi) is 5.45. The van der Waals surface area contributed by atoms with Gasteiger partial charge < -0.3 is 4.57 Å². The van der Waals surface area contributed by atoms with E-state index in [0.717, 1.165) is 17.1 Å². The number of carbonyl (C=O) groups is 1. The van der Waals surface area contributed by atoms with Gasteiger partial charge in [-0.2, -0.15) is 5.10 Å². The number of carbonyl (C=O) groups excluding carboxylic acids is 1. The van der Waals surface area contributed by atoms with E-state index in [4.69, 9.17) is 23.2 Å². The van der Waals surface area contributed by atoms with Gasteiger partial charge in [-0.25, -0.2) is 5.43 Å².